The molecule has 12 nitrogen and oxygen atoms in total. The van der Waals surface area contributed by atoms with Crippen molar-refractivity contribution in [3.8, 4) is 0 Å². The number of hydrogen-bond acceptors (Lipinski definition) is 7. The van der Waals surface area contributed by atoms with Gasteiger partial charge < -0.3 is 5.32 Å². The Labute approximate surface area is 141 Å². The van der Waals surface area contributed by atoms with Gasteiger partial charge in [-0.05, 0) is 27.7 Å². The second-order valence-corrected chi connectivity index (χ2v) is 5.67. The van der Waals surface area contributed by atoms with Crippen LogP contribution in [0, 0.1) is 30.3 Å². The third-order valence-corrected chi connectivity index (χ3v) is 3.05. The van der Waals surface area contributed by atoms with Crippen molar-refractivity contribution in [2.24, 2.45) is 0 Å². The number of carbonyl (C=O) groups excluding carboxylic acids is 1. The smallest absolute Gasteiger partial charge is 0.322 e. The van der Waals surface area contributed by atoms with E-state index in [0.717, 1.165) is 4.90 Å². The van der Waals surface area contributed by atoms with E-state index in [4.69, 9.17) is 0 Å². The number of urea groups is 1. The van der Waals surface area contributed by atoms with Gasteiger partial charge in [-0.3, -0.25) is 35.2 Å². The van der Waals surface area contributed by atoms with E-state index in [2.05, 4.69) is 5.32 Å². The highest BCUT2D eigenvalue weighted by molar-refractivity contribution is 5.98. The number of carbonyl (C=O) groups is 1. The van der Waals surface area contributed by atoms with Crippen LogP contribution in [-0.4, -0.2) is 32.9 Å². The number of nitro groups is 3. The third-order valence-electron chi connectivity index (χ3n) is 3.05. The summed E-state index contributed by atoms with van der Waals surface area (Å²) >= 11 is 0. The molecule has 0 saturated heterocycles. The van der Waals surface area contributed by atoms with Crippen molar-refractivity contribution in [3.63, 3.8) is 0 Å². The summed E-state index contributed by atoms with van der Waals surface area (Å²) in [5.74, 6) is 0. The van der Waals surface area contributed by atoms with Gasteiger partial charge in [0.15, 0.2) is 0 Å². The van der Waals surface area contributed by atoms with Gasteiger partial charge in [0.1, 0.15) is 0 Å². The molecule has 0 unspecified atom stereocenters. The molecule has 0 aliphatic carbocycles. The number of rotatable bonds is 6. The van der Waals surface area contributed by atoms with Crippen molar-refractivity contribution in [3.05, 3.63) is 42.5 Å². The average Bonchev–Trinajstić information content (AvgIpc) is 2.45. The van der Waals surface area contributed by atoms with Crippen molar-refractivity contribution in [2.45, 2.75) is 39.8 Å². The summed E-state index contributed by atoms with van der Waals surface area (Å²) < 4.78 is 0. The average molecular weight is 355 g/mol. The molecule has 0 heterocycles. The van der Waals surface area contributed by atoms with Crippen LogP contribution in [0.15, 0.2) is 12.1 Å². The van der Waals surface area contributed by atoms with Crippen LogP contribution in [0.25, 0.3) is 0 Å². The molecule has 0 fully saturated rings. The molecule has 0 saturated carbocycles. The van der Waals surface area contributed by atoms with Crippen LogP contribution in [0.2, 0.25) is 0 Å². The van der Waals surface area contributed by atoms with Crippen LogP contribution < -0.4 is 10.2 Å². The molecule has 1 aromatic carbocycles. The van der Waals surface area contributed by atoms with Crippen LogP contribution in [-0.2, 0) is 0 Å². The fraction of sp³-hybridized carbons (Fsp3) is 0.462. The highest BCUT2D eigenvalue weighted by atomic mass is 16.6. The van der Waals surface area contributed by atoms with E-state index < -0.39 is 49.6 Å². The van der Waals surface area contributed by atoms with E-state index in [1.54, 1.807) is 13.8 Å². The van der Waals surface area contributed by atoms with Gasteiger partial charge >= 0.3 is 17.4 Å². The number of anilines is 1. The highest BCUT2D eigenvalue weighted by Gasteiger charge is 2.37. The molecule has 0 bridgehead atoms. The lowest BCUT2D eigenvalue weighted by atomic mass is 10.1. The first-order chi connectivity index (χ1) is 11.5. The minimum atomic E-state index is -0.993. The number of hydrogen-bond donors (Lipinski definition) is 1. The second-order valence-electron chi connectivity index (χ2n) is 5.67. The Hall–Kier alpha value is -3.31. The van der Waals surface area contributed by atoms with E-state index in [1.807, 2.05) is 0 Å². The molecule has 0 aliphatic rings. The van der Waals surface area contributed by atoms with Crippen molar-refractivity contribution >= 4 is 28.8 Å². The predicted molar refractivity (Wildman–Crippen MR) is 87.7 cm³/mol. The maximum absolute atomic E-state index is 12.4. The zero-order chi connectivity index (χ0) is 19.5. The van der Waals surface area contributed by atoms with Gasteiger partial charge in [0.05, 0.1) is 26.9 Å². The Morgan fingerprint density at radius 3 is 1.68 bits per heavy atom. The van der Waals surface area contributed by atoms with Gasteiger partial charge in [0.2, 0.25) is 5.69 Å². The first-order valence-electron chi connectivity index (χ1n) is 7.18. The molecule has 1 N–H and O–H groups in total. The van der Waals surface area contributed by atoms with E-state index in [9.17, 15) is 35.1 Å². The minimum absolute atomic E-state index is 0.329. The summed E-state index contributed by atoms with van der Waals surface area (Å²) in [4.78, 5) is 43.9. The molecule has 0 spiro atoms. The Morgan fingerprint density at radius 2 is 1.40 bits per heavy atom. The lowest BCUT2D eigenvalue weighted by Gasteiger charge is -2.27. The lowest BCUT2D eigenvalue weighted by Crippen LogP contribution is -2.47. The van der Waals surface area contributed by atoms with Crippen LogP contribution >= 0.6 is 0 Å². The Balaban J connectivity index is 3.78. The number of nitro benzene ring substituents is 3. The molecule has 2 amide bonds. The van der Waals surface area contributed by atoms with Gasteiger partial charge in [0, 0.05) is 12.1 Å². The molecular formula is C13H17N5O7. The maximum atomic E-state index is 12.4. The fourth-order valence-electron chi connectivity index (χ4n) is 2.13. The number of amides is 2. The molecule has 0 atom stereocenters. The molecule has 136 valence electrons. The number of nitrogens with zero attached hydrogens (tertiary/aromatic N) is 4. The van der Waals surface area contributed by atoms with Crippen LogP contribution in [0.5, 0.6) is 0 Å². The standard InChI is InChI=1S/C13H17N5O7/c1-7(2)14-13(19)15(8(3)4)12-10(17(22)23)5-9(16(20)21)6-11(12)18(24)25/h5-8H,1-4H3,(H,14,19). The van der Waals surface area contributed by atoms with Gasteiger partial charge in [-0.2, -0.15) is 0 Å². The fourth-order valence-corrected chi connectivity index (χ4v) is 2.13. The van der Waals surface area contributed by atoms with E-state index in [1.165, 1.54) is 13.8 Å². The molecule has 1 aromatic rings. The molecular weight excluding hydrogens is 338 g/mol. The van der Waals surface area contributed by atoms with Gasteiger partial charge in [0.25, 0.3) is 5.69 Å². The van der Waals surface area contributed by atoms with E-state index in [-0.39, 0.29) is 6.04 Å². The Morgan fingerprint density at radius 1 is 0.960 bits per heavy atom. The first kappa shape index (κ1) is 19.7. The van der Waals surface area contributed by atoms with Gasteiger partial charge in [-0.1, -0.05) is 0 Å². The summed E-state index contributed by atoms with van der Waals surface area (Å²) in [6, 6.07) is -0.603. The number of non-ortho nitro benzene ring substituents is 1. The quantitative estimate of drug-likeness (QED) is 0.605. The Kier molecular flexibility index (Phi) is 5.93. The zero-order valence-corrected chi connectivity index (χ0v) is 14.0. The molecule has 0 radical (unpaired) electrons. The molecule has 0 aliphatic heterocycles. The minimum Gasteiger partial charge on any atom is -0.336 e. The van der Waals surface area contributed by atoms with Crippen molar-refractivity contribution in [2.75, 3.05) is 4.90 Å². The lowest BCUT2D eigenvalue weighted by molar-refractivity contribution is -0.402. The first-order valence-corrected chi connectivity index (χ1v) is 7.18. The highest BCUT2D eigenvalue weighted by Crippen LogP contribution is 2.41. The van der Waals surface area contributed by atoms with Gasteiger partial charge in [-0.25, -0.2) is 4.79 Å². The molecule has 0 aromatic heterocycles. The normalized spacial score (nSPS) is 10.6. The monoisotopic (exact) mass is 355 g/mol. The van der Waals surface area contributed by atoms with Crippen LogP contribution in [0.3, 0.4) is 0 Å². The van der Waals surface area contributed by atoms with E-state index in [0.29, 0.717) is 12.1 Å². The summed E-state index contributed by atoms with van der Waals surface area (Å²) in [7, 11) is 0. The summed E-state index contributed by atoms with van der Waals surface area (Å²) in [6.07, 6.45) is 0. The van der Waals surface area contributed by atoms with Crippen molar-refractivity contribution < 1.29 is 19.6 Å². The molecule has 12 heteroatoms. The SMILES string of the molecule is CC(C)NC(=O)N(c1c([N+](=O)[O-])cc([N+](=O)[O-])cc1[N+](=O)[O-])C(C)C. The predicted octanol–water partition coefficient (Wildman–Crippen LogP) is 2.74. The second kappa shape index (κ2) is 7.51. The number of benzene rings is 1. The summed E-state index contributed by atoms with van der Waals surface area (Å²) in [6.45, 7) is 6.31. The van der Waals surface area contributed by atoms with Crippen LogP contribution in [0.1, 0.15) is 27.7 Å². The largest absolute Gasteiger partial charge is 0.336 e. The summed E-state index contributed by atoms with van der Waals surface area (Å²) in [5.41, 5.74) is -3.20. The third kappa shape index (κ3) is 4.37. The van der Waals surface area contributed by atoms with E-state index >= 15 is 0 Å². The molecule has 1 rings (SSSR count). The van der Waals surface area contributed by atoms with Crippen molar-refractivity contribution in [1.29, 1.82) is 0 Å². The topological polar surface area (TPSA) is 162 Å². The number of nitrogens with one attached hydrogen (secondary N) is 1. The van der Waals surface area contributed by atoms with Gasteiger partial charge in [-0.15, -0.1) is 0 Å². The van der Waals surface area contributed by atoms with Crippen LogP contribution in [0.4, 0.5) is 27.5 Å². The maximum Gasteiger partial charge on any atom is 0.322 e. The Bertz CT molecular complexity index is 696. The summed E-state index contributed by atoms with van der Waals surface area (Å²) in [5, 5.41) is 36.1. The molecule has 25 heavy (non-hydrogen) atoms. The zero-order valence-electron chi connectivity index (χ0n) is 14.0. The van der Waals surface area contributed by atoms with Crippen molar-refractivity contribution in [1.82, 2.24) is 5.32 Å².